The number of carbonyl (C=O) groups is 1. The highest BCUT2D eigenvalue weighted by Crippen LogP contribution is 2.35. The predicted octanol–water partition coefficient (Wildman–Crippen LogP) is 3.63. The first-order valence-electron chi connectivity index (χ1n) is 11.0. The SMILES string of the molecule is Cc1cc2c(cc1S(=O)(=O)NC(=O)NCc1c3c(cc4c1CCC4)CCC3)C(=N)CC=N2. The van der Waals surface area contributed by atoms with E-state index in [1.165, 1.54) is 33.9 Å². The summed E-state index contributed by atoms with van der Waals surface area (Å²) < 4.78 is 28.1. The van der Waals surface area contributed by atoms with Crippen LogP contribution in [0, 0.1) is 12.3 Å². The minimum absolute atomic E-state index is 0.00487. The van der Waals surface area contributed by atoms with E-state index in [1.54, 1.807) is 19.2 Å². The maximum Gasteiger partial charge on any atom is 0.328 e. The number of aryl methyl sites for hydroxylation is 3. The van der Waals surface area contributed by atoms with Crippen molar-refractivity contribution < 1.29 is 13.2 Å². The molecule has 0 spiro atoms. The topological polar surface area (TPSA) is 111 Å². The van der Waals surface area contributed by atoms with Gasteiger partial charge in [0.05, 0.1) is 10.6 Å². The number of nitrogens with one attached hydrogen (secondary N) is 3. The van der Waals surface area contributed by atoms with E-state index in [2.05, 4.69) is 21.1 Å². The molecule has 0 fully saturated rings. The zero-order valence-electron chi connectivity index (χ0n) is 18.0. The number of nitrogens with zero attached hydrogens (tertiary/aromatic N) is 1. The molecule has 5 rings (SSSR count). The van der Waals surface area contributed by atoms with E-state index in [0.29, 0.717) is 35.5 Å². The average molecular weight is 451 g/mol. The van der Waals surface area contributed by atoms with E-state index in [-0.39, 0.29) is 4.90 Å². The molecule has 166 valence electrons. The Morgan fingerprint density at radius 1 is 1.06 bits per heavy atom. The van der Waals surface area contributed by atoms with Crippen molar-refractivity contribution in [2.75, 3.05) is 0 Å². The molecule has 3 aliphatic rings. The molecule has 7 nitrogen and oxygen atoms in total. The largest absolute Gasteiger partial charge is 0.333 e. The lowest BCUT2D eigenvalue weighted by Gasteiger charge is -2.17. The highest BCUT2D eigenvalue weighted by atomic mass is 32.2. The molecule has 0 saturated carbocycles. The maximum atomic E-state index is 13.0. The van der Waals surface area contributed by atoms with Crippen molar-refractivity contribution in [3.63, 3.8) is 0 Å². The van der Waals surface area contributed by atoms with Gasteiger partial charge in [-0.25, -0.2) is 17.9 Å². The third-order valence-electron chi connectivity index (χ3n) is 6.68. The highest BCUT2D eigenvalue weighted by molar-refractivity contribution is 7.90. The number of hydrogen-bond acceptors (Lipinski definition) is 5. The molecule has 1 aliphatic heterocycles. The van der Waals surface area contributed by atoms with E-state index in [0.717, 1.165) is 38.5 Å². The average Bonchev–Trinajstić information content (AvgIpc) is 3.39. The summed E-state index contributed by atoms with van der Waals surface area (Å²) >= 11 is 0. The van der Waals surface area contributed by atoms with Crippen molar-refractivity contribution in [2.24, 2.45) is 4.99 Å². The lowest BCUT2D eigenvalue weighted by atomic mass is 9.94. The minimum atomic E-state index is -4.09. The summed E-state index contributed by atoms with van der Waals surface area (Å²) in [6.45, 7) is 1.99. The Balaban J connectivity index is 1.35. The number of fused-ring (bicyclic) bond motifs is 3. The zero-order chi connectivity index (χ0) is 22.5. The summed E-state index contributed by atoms with van der Waals surface area (Å²) in [6.07, 6.45) is 8.44. The Kier molecular flexibility index (Phi) is 5.12. The van der Waals surface area contributed by atoms with Gasteiger partial charge in [0.15, 0.2) is 0 Å². The van der Waals surface area contributed by atoms with E-state index in [4.69, 9.17) is 5.41 Å². The summed E-state index contributed by atoms with van der Waals surface area (Å²) in [6, 6.07) is 4.68. The molecular weight excluding hydrogens is 424 g/mol. The van der Waals surface area contributed by atoms with Crippen LogP contribution in [0.3, 0.4) is 0 Å². The molecule has 3 N–H and O–H groups in total. The molecule has 0 saturated heterocycles. The number of benzene rings is 2. The summed E-state index contributed by atoms with van der Waals surface area (Å²) in [4.78, 5) is 16.8. The molecule has 0 unspecified atom stereocenters. The molecule has 8 heteroatoms. The third kappa shape index (κ3) is 3.62. The highest BCUT2D eigenvalue weighted by Gasteiger charge is 2.26. The van der Waals surface area contributed by atoms with Crippen LogP contribution in [0.5, 0.6) is 0 Å². The number of sulfonamides is 1. The van der Waals surface area contributed by atoms with Crippen LogP contribution < -0.4 is 10.0 Å². The fourth-order valence-corrected chi connectivity index (χ4v) is 6.37. The van der Waals surface area contributed by atoms with Gasteiger partial charge in [0.1, 0.15) is 0 Å². The Hall–Kier alpha value is -3.00. The summed E-state index contributed by atoms with van der Waals surface area (Å²) in [7, 11) is -4.09. The molecule has 0 aromatic heterocycles. The van der Waals surface area contributed by atoms with Gasteiger partial charge in [-0.15, -0.1) is 0 Å². The summed E-state index contributed by atoms with van der Waals surface area (Å²) in [5.41, 5.74) is 8.45. The van der Waals surface area contributed by atoms with Crippen molar-refractivity contribution in [1.29, 1.82) is 5.41 Å². The quantitative estimate of drug-likeness (QED) is 0.661. The van der Waals surface area contributed by atoms with Gasteiger partial charge in [0.2, 0.25) is 0 Å². The molecule has 2 aromatic carbocycles. The van der Waals surface area contributed by atoms with Crippen LogP contribution in [0.25, 0.3) is 0 Å². The number of amides is 2. The van der Waals surface area contributed by atoms with Gasteiger partial charge in [0, 0.05) is 30.5 Å². The second-order valence-electron chi connectivity index (χ2n) is 8.75. The van der Waals surface area contributed by atoms with Crippen LogP contribution in [0.4, 0.5) is 10.5 Å². The predicted molar refractivity (Wildman–Crippen MR) is 124 cm³/mol. The van der Waals surface area contributed by atoms with Gasteiger partial charge in [0.25, 0.3) is 10.0 Å². The first kappa shape index (κ1) is 20.9. The maximum absolute atomic E-state index is 13.0. The van der Waals surface area contributed by atoms with Crippen LogP contribution in [0.1, 0.15) is 58.2 Å². The lowest BCUT2D eigenvalue weighted by molar-refractivity contribution is 0.245. The molecule has 0 atom stereocenters. The van der Waals surface area contributed by atoms with Crippen LogP contribution in [-0.2, 0) is 42.3 Å². The Morgan fingerprint density at radius 2 is 1.75 bits per heavy atom. The zero-order valence-corrected chi connectivity index (χ0v) is 18.9. The van der Waals surface area contributed by atoms with E-state index < -0.39 is 16.1 Å². The van der Waals surface area contributed by atoms with Crippen LogP contribution in [-0.4, -0.2) is 26.4 Å². The normalized spacial score (nSPS) is 16.5. The number of rotatable bonds is 4. The Labute approximate surface area is 187 Å². The van der Waals surface area contributed by atoms with Crippen molar-refractivity contribution in [3.05, 3.63) is 57.1 Å². The molecular formula is C24H26N4O3S. The summed E-state index contributed by atoms with van der Waals surface area (Å²) in [5, 5.41) is 10.9. The molecule has 2 amide bonds. The summed E-state index contributed by atoms with van der Waals surface area (Å²) in [5.74, 6) is 0. The van der Waals surface area contributed by atoms with Gasteiger partial charge < -0.3 is 10.7 Å². The van der Waals surface area contributed by atoms with Crippen LogP contribution in [0.15, 0.2) is 28.1 Å². The lowest BCUT2D eigenvalue weighted by Crippen LogP contribution is -2.39. The number of hydrogen-bond donors (Lipinski definition) is 3. The monoisotopic (exact) mass is 450 g/mol. The van der Waals surface area contributed by atoms with Gasteiger partial charge in [-0.1, -0.05) is 6.07 Å². The van der Waals surface area contributed by atoms with Gasteiger partial charge in [-0.3, -0.25) is 4.99 Å². The number of carbonyl (C=O) groups excluding carboxylic acids is 1. The Morgan fingerprint density at radius 3 is 2.44 bits per heavy atom. The van der Waals surface area contributed by atoms with E-state index >= 15 is 0 Å². The fraction of sp³-hybridized carbons (Fsp3) is 0.375. The van der Waals surface area contributed by atoms with Crippen LogP contribution >= 0.6 is 0 Å². The van der Waals surface area contributed by atoms with Gasteiger partial charge in [-0.05, 0) is 91.0 Å². The molecule has 32 heavy (non-hydrogen) atoms. The molecule has 0 bridgehead atoms. The van der Waals surface area contributed by atoms with E-state index in [9.17, 15) is 13.2 Å². The molecule has 2 aromatic rings. The number of aliphatic imine (C=N–C) groups is 1. The third-order valence-corrected chi connectivity index (χ3v) is 8.16. The smallest absolute Gasteiger partial charge is 0.328 e. The fourth-order valence-electron chi connectivity index (χ4n) is 5.19. The molecule has 0 radical (unpaired) electrons. The number of urea groups is 1. The van der Waals surface area contributed by atoms with Crippen molar-refractivity contribution in [3.8, 4) is 0 Å². The second kappa shape index (κ2) is 7.85. The van der Waals surface area contributed by atoms with Gasteiger partial charge in [-0.2, -0.15) is 0 Å². The molecule has 1 heterocycles. The van der Waals surface area contributed by atoms with Crippen LogP contribution in [0.2, 0.25) is 0 Å². The van der Waals surface area contributed by atoms with Crippen molar-refractivity contribution in [2.45, 2.75) is 63.3 Å². The second-order valence-corrected chi connectivity index (χ2v) is 10.4. The van der Waals surface area contributed by atoms with Crippen molar-refractivity contribution in [1.82, 2.24) is 10.0 Å². The molecule has 2 aliphatic carbocycles. The standard InChI is InChI=1S/C24H26N4O3S/c1-14-10-22-19(21(25)8-9-26-22)12-23(14)32(30,31)28-24(29)27-13-20-17-6-2-4-15(17)11-16-5-3-7-18(16)20/h9-12,25H,2-8,13H2,1H3,(H2,27,28,29). The Bertz CT molecular complexity index is 1260. The van der Waals surface area contributed by atoms with Gasteiger partial charge >= 0.3 is 6.03 Å². The first-order valence-corrected chi connectivity index (χ1v) is 12.5. The van der Waals surface area contributed by atoms with Crippen molar-refractivity contribution >= 4 is 33.7 Å². The minimum Gasteiger partial charge on any atom is -0.333 e. The van der Waals surface area contributed by atoms with E-state index in [1.807, 2.05) is 0 Å². The first-order chi connectivity index (χ1) is 15.3.